The summed E-state index contributed by atoms with van der Waals surface area (Å²) in [7, 11) is -5.61. The van der Waals surface area contributed by atoms with Gasteiger partial charge in [0.25, 0.3) is 0 Å². The molecule has 0 fully saturated rings. The van der Waals surface area contributed by atoms with Gasteiger partial charge in [-0.25, -0.2) is 0 Å². The van der Waals surface area contributed by atoms with Crippen LogP contribution in [0.5, 0.6) is 0 Å². The summed E-state index contributed by atoms with van der Waals surface area (Å²) >= 11 is 0. The number of hydrogen-bond donors (Lipinski definition) is 0. The van der Waals surface area contributed by atoms with E-state index >= 15 is 0 Å². The normalized spacial score (nSPS) is 8.53. The van der Waals surface area contributed by atoms with Gasteiger partial charge >= 0.3 is 75.5 Å². The van der Waals surface area contributed by atoms with Gasteiger partial charge in [-0.05, 0) is 5.56 Å². The van der Waals surface area contributed by atoms with Crippen LogP contribution in [-0.4, -0.2) is 84.5 Å². The molecule has 4 nitrogen and oxygen atoms in total. The Balaban J connectivity index is -0.000000185. The summed E-state index contributed by atoms with van der Waals surface area (Å²) in [5, 5.41) is 0. The van der Waals surface area contributed by atoms with E-state index in [4.69, 9.17) is 19.2 Å². The second-order valence-electron chi connectivity index (χ2n) is 2.11. The van der Waals surface area contributed by atoms with E-state index in [2.05, 4.69) is 6.58 Å². The van der Waals surface area contributed by atoms with E-state index in [1.165, 1.54) is 5.56 Å². The maximum absolute atomic E-state index is 8.58. The second-order valence-corrected chi connectivity index (χ2v) is 3.11. The van der Waals surface area contributed by atoms with E-state index in [0.717, 1.165) is 0 Å². The first kappa shape index (κ1) is 21.8. The maximum atomic E-state index is 8.58. The average Bonchev–Trinajstić information content (AvgIpc) is 2.03. The Morgan fingerprint density at radius 2 is 1.27 bits per heavy atom. The molecule has 0 radical (unpaired) electrons. The van der Waals surface area contributed by atoms with Gasteiger partial charge in [-0.2, -0.15) is 0 Å². The van der Waals surface area contributed by atoms with Crippen molar-refractivity contribution >= 4 is 90.6 Å². The molecule has 0 saturated heterocycles. The Kier molecular flexibility index (Phi) is 17.4. The first-order valence-electron chi connectivity index (χ1n) is 3.42. The van der Waals surface area contributed by atoms with Gasteiger partial charge in [0.1, 0.15) is 0 Å². The summed E-state index contributed by atoms with van der Waals surface area (Å²) in [4.78, 5) is 34.3. The second kappa shape index (κ2) is 12.0. The fraction of sp³-hybridized carbons (Fsp3) is 0. The molecule has 0 bridgehead atoms. The van der Waals surface area contributed by atoms with Gasteiger partial charge in [-0.15, -0.1) is 0 Å². The van der Waals surface area contributed by atoms with Crippen LogP contribution in [0.3, 0.4) is 0 Å². The van der Waals surface area contributed by atoms with E-state index in [1.54, 1.807) is 0 Å². The molecule has 7 heteroatoms. The number of rotatable bonds is 1. The summed E-state index contributed by atoms with van der Waals surface area (Å²) in [6.07, 6.45) is 1.83. The van der Waals surface area contributed by atoms with Crippen molar-refractivity contribution < 1.29 is 19.2 Å². The Hall–Kier alpha value is 1.54. The van der Waals surface area contributed by atoms with Crippen LogP contribution >= 0.6 is 0 Å². The molecule has 0 aliphatic heterocycles. The van der Waals surface area contributed by atoms with Crippen molar-refractivity contribution in [1.82, 2.24) is 0 Å². The van der Waals surface area contributed by atoms with Gasteiger partial charge < -0.3 is 28.2 Å². The Bertz CT molecular complexity index is 245. The van der Waals surface area contributed by atoms with E-state index < -0.39 is 9.05 Å². The number of hydrogen-bond acceptors (Lipinski definition) is 4. The zero-order chi connectivity index (χ0) is 10.3. The molecule has 0 unspecified atom stereocenters. The standard InChI is InChI=1S/C8H8.2Ca.O4Si/c1-2-8-6-4-3-5-7-8;;;1-5(2,3)4/h2-7H,1H2;;;/q;2*+2;-4. The van der Waals surface area contributed by atoms with Crippen molar-refractivity contribution in [3.63, 3.8) is 0 Å². The largest absolute Gasteiger partial charge is 2.00 e. The minimum absolute atomic E-state index is 0. The Morgan fingerprint density at radius 3 is 1.47 bits per heavy atom. The van der Waals surface area contributed by atoms with Crippen LogP contribution in [-0.2, 0) is 0 Å². The van der Waals surface area contributed by atoms with Crippen LogP contribution in [0.15, 0.2) is 36.9 Å². The summed E-state index contributed by atoms with van der Waals surface area (Å²) in [6, 6.07) is 10.0. The van der Waals surface area contributed by atoms with Crippen LogP contribution in [0.4, 0.5) is 0 Å². The van der Waals surface area contributed by atoms with E-state index in [0.29, 0.717) is 0 Å². The van der Waals surface area contributed by atoms with Crippen molar-refractivity contribution in [3.05, 3.63) is 42.5 Å². The monoisotopic (exact) mass is 276 g/mol. The van der Waals surface area contributed by atoms with Gasteiger partial charge in [0.2, 0.25) is 0 Å². The summed E-state index contributed by atoms with van der Waals surface area (Å²) in [5.74, 6) is 0. The van der Waals surface area contributed by atoms with Crippen LogP contribution < -0.4 is 19.2 Å². The third-order valence-electron chi connectivity index (χ3n) is 1.04. The Labute approximate surface area is 150 Å². The van der Waals surface area contributed by atoms with Crippen LogP contribution in [0.25, 0.3) is 6.08 Å². The molecule has 0 aromatic heterocycles. The Morgan fingerprint density at radius 1 is 0.933 bits per heavy atom. The van der Waals surface area contributed by atoms with Crippen molar-refractivity contribution in [2.75, 3.05) is 0 Å². The molecule has 0 aliphatic carbocycles. The zero-order valence-electron chi connectivity index (χ0n) is 8.22. The van der Waals surface area contributed by atoms with Gasteiger partial charge in [0.15, 0.2) is 0 Å². The van der Waals surface area contributed by atoms with Gasteiger partial charge in [-0.1, -0.05) is 43.0 Å². The average molecular weight is 276 g/mol. The summed E-state index contributed by atoms with van der Waals surface area (Å²) in [6.45, 7) is 3.63. The molecule has 1 aromatic carbocycles. The third kappa shape index (κ3) is 21.4. The third-order valence-corrected chi connectivity index (χ3v) is 1.04. The van der Waals surface area contributed by atoms with Crippen LogP contribution in [0, 0.1) is 0 Å². The topological polar surface area (TPSA) is 92.2 Å². The van der Waals surface area contributed by atoms with Gasteiger partial charge in [0.05, 0.1) is 0 Å². The van der Waals surface area contributed by atoms with Crippen molar-refractivity contribution in [1.29, 1.82) is 0 Å². The molecule has 0 aliphatic rings. The fourth-order valence-electron chi connectivity index (χ4n) is 0.589. The van der Waals surface area contributed by atoms with Crippen LogP contribution in [0.2, 0.25) is 0 Å². The van der Waals surface area contributed by atoms with E-state index in [1.807, 2.05) is 36.4 Å². The van der Waals surface area contributed by atoms with Gasteiger partial charge in [0, 0.05) is 0 Å². The molecular formula is C8H8Ca2O4Si. The van der Waals surface area contributed by atoms with Crippen LogP contribution in [0.1, 0.15) is 5.56 Å². The molecule has 1 aromatic rings. The molecule has 1 rings (SSSR count). The fourth-order valence-corrected chi connectivity index (χ4v) is 0.589. The first-order valence-corrected chi connectivity index (χ1v) is 5.06. The molecule has 15 heavy (non-hydrogen) atoms. The predicted molar refractivity (Wildman–Crippen MR) is 53.8 cm³/mol. The summed E-state index contributed by atoms with van der Waals surface area (Å²) in [5.41, 5.74) is 1.17. The van der Waals surface area contributed by atoms with Crippen molar-refractivity contribution in [3.8, 4) is 0 Å². The van der Waals surface area contributed by atoms with E-state index in [9.17, 15) is 0 Å². The zero-order valence-corrected chi connectivity index (χ0v) is 13.6. The molecule has 0 amide bonds. The maximum Gasteiger partial charge on any atom is 2.00 e. The molecule has 0 saturated carbocycles. The molecule has 0 atom stereocenters. The minimum Gasteiger partial charge on any atom is -0.894 e. The van der Waals surface area contributed by atoms with Gasteiger partial charge in [-0.3, -0.25) is 0 Å². The molecule has 0 heterocycles. The van der Waals surface area contributed by atoms with Crippen molar-refractivity contribution in [2.24, 2.45) is 0 Å². The molecule has 0 N–H and O–H groups in total. The quantitative estimate of drug-likeness (QED) is 0.496. The smallest absolute Gasteiger partial charge is 0.894 e. The molecule has 72 valence electrons. The SMILES string of the molecule is C=Cc1ccccc1.[Ca+2].[Ca+2].[O-][Si]([O-])([O-])[O-]. The summed E-state index contributed by atoms with van der Waals surface area (Å²) < 4.78 is 0. The predicted octanol–water partition coefficient (Wildman–Crippen LogP) is -3.57. The first-order chi connectivity index (χ1) is 5.93. The van der Waals surface area contributed by atoms with E-state index in [-0.39, 0.29) is 75.5 Å². The minimum atomic E-state index is -5.61. The molecule has 0 spiro atoms. The molecular weight excluding hydrogens is 268 g/mol. The number of benzene rings is 1. The van der Waals surface area contributed by atoms with Crippen molar-refractivity contribution in [2.45, 2.75) is 0 Å².